The third-order valence-corrected chi connectivity index (χ3v) is 4.03. The van der Waals surface area contributed by atoms with Gasteiger partial charge in [0.25, 0.3) is 0 Å². The minimum absolute atomic E-state index is 0.281. The smallest absolute Gasteiger partial charge is 0.303 e. The fraction of sp³-hybridized carbons (Fsp3) is 0.545. The molecule has 76 valence electrons. The van der Waals surface area contributed by atoms with Crippen molar-refractivity contribution in [3.63, 3.8) is 0 Å². The van der Waals surface area contributed by atoms with Crippen molar-refractivity contribution < 1.29 is 9.90 Å². The van der Waals surface area contributed by atoms with Gasteiger partial charge in [0, 0.05) is 4.88 Å². The van der Waals surface area contributed by atoms with Crippen molar-refractivity contribution in [3.05, 3.63) is 21.4 Å². The molecule has 1 N–H and O–H groups in total. The van der Waals surface area contributed by atoms with Crippen molar-refractivity contribution in [1.82, 2.24) is 0 Å². The van der Waals surface area contributed by atoms with Crippen LogP contribution in [-0.2, 0) is 17.6 Å². The van der Waals surface area contributed by atoms with Gasteiger partial charge < -0.3 is 5.11 Å². The highest BCUT2D eigenvalue weighted by atomic mass is 32.1. The van der Waals surface area contributed by atoms with Gasteiger partial charge in [0.15, 0.2) is 0 Å². The molecule has 0 aromatic carbocycles. The minimum atomic E-state index is -0.670. The number of aliphatic carboxylic acids is 1. The van der Waals surface area contributed by atoms with Crippen LogP contribution in [-0.4, -0.2) is 11.1 Å². The second kappa shape index (κ2) is 3.73. The third-order valence-electron chi connectivity index (χ3n) is 2.92. The van der Waals surface area contributed by atoms with Crippen LogP contribution in [0.1, 0.15) is 41.7 Å². The number of fused-ring (bicyclic) bond motifs is 1. The predicted octanol–water partition coefficient (Wildman–Crippen LogP) is 2.82. The van der Waals surface area contributed by atoms with Gasteiger partial charge in [-0.05, 0) is 41.7 Å². The molecule has 2 rings (SSSR count). The van der Waals surface area contributed by atoms with E-state index in [0.29, 0.717) is 6.42 Å². The molecule has 0 saturated carbocycles. The van der Waals surface area contributed by atoms with Crippen LogP contribution < -0.4 is 0 Å². The Hall–Kier alpha value is -0.830. The molecule has 0 bridgehead atoms. The summed E-state index contributed by atoms with van der Waals surface area (Å²) in [5, 5.41) is 11.0. The maximum atomic E-state index is 10.7. The topological polar surface area (TPSA) is 37.3 Å². The molecule has 0 spiro atoms. The lowest BCUT2D eigenvalue weighted by molar-refractivity contribution is -0.137. The first-order chi connectivity index (χ1) is 6.72. The van der Waals surface area contributed by atoms with E-state index in [1.807, 2.05) is 0 Å². The minimum Gasteiger partial charge on any atom is -0.481 e. The van der Waals surface area contributed by atoms with Gasteiger partial charge in [0.1, 0.15) is 0 Å². The van der Waals surface area contributed by atoms with Gasteiger partial charge in [-0.25, -0.2) is 0 Å². The molecule has 1 heterocycles. The molecule has 0 aliphatic heterocycles. The highest BCUT2D eigenvalue weighted by Gasteiger charge is 2.28. The van der Waals surface area contributed by atoms with E-state index in [1.165, 1.54) is 16.0 Å². The molecule has 2 nitrogen and oxygen atoms in total. The Morgan fingerprint density at radius 1 is 1.71 bits per heavy atom. The summed E-state index contributed by atoms with van der Waals surface area (Å²) in [6, 6.07) is 0. The summed E-state index contributed by atoms with van der Waals surface area (Å²) >= 11 is 1.80. The zero-order valence-electron chi connectivity index (χ0n) is 8.25. The lowest BCUT2D eigenvalue weighted by Gasteiger charge is -2.08. The Morgan fingerprint density at radius 2 is 2.50 bits per heavy atom. The fourth-order valence-electron chi connectivity index (χ4n) is 2.27. The molecule has 1 aromatic heterocycles. The number of hydrogen-bond acceptors (Lipinski definition) is 2. The third kappa shape index (κ3) is 1.57. The van der Waals surface area contributed by atoms with Gasteiger partial charge in [-0.15, -0.1) is 11.3 Å². The number of hydrogen-bond donors (Lipinski definition) is 1. The largest absolute Gasteiger partial charge is 0.481 e. The molecule has 0 fully saturated rings. The van der Waals surface area contributed by atoms with Crippen molar-refractivity contribution in [3.8, 4) is 0 Å². The first-order valence-electron chi connectivity index (χ1n) is 5.03. The number of carboxylic acids is 1. The molecule has 1 aliphatic rings. The highest BCUT2D eigenvalue weighted by molar-refractivity contribution is 7.10. The van der Waals surface area contributed by atoms with Crippen molar-refractivity contribution >= 4 is 17.3 Å². The van der Waals surface area contributed by atoms with E-state index in [-0.39, 0.29) is 5.92 Å². The van der Waals surface area contributed by atoms with E-state index in [2.05, 4.69) is 12.3 Å². The standard InChI is InChI=1S/C11H14O2S/c1-2-7-6-14-9-4-3-8(11(7)9)5-10(12)13/h6,8H,2-5H2,1H3,(H,12,13). The normalized spacial score (nSPS) is 19.6. The Morgan fingerprint density at radius 3 is 3.14 bits per heavy atom. The van der Waals surface area contributed by atoms with Crippen LogP contribution in [0.5, 0.6) is 0 Å². The molecule has 1 aliphatic carbocycles. The number of thiophene rings is 1. The Kier molecular flexibility index (Phi) is 2.59. The number of carboxylic acid groups (broad SMARTS) is 1. The lowest BCUT2D eigenvalue weighted by atomic mass is 9.95. The molecule has 14 heavy (non-hydrogen) atoms. The van der Waals surface area contributed by atoms with E-state index in [1.54, 1.807) is 11.3 Å². The molecular weight excluding hydrogens is 196 g/mol. The van der Waals surface area contributed by atoms with Crippen LogP contribution in [0.3, 0.4) is 0 Å². The maximum absolute atomic E-state index is 10.7. The average molecular weight is 210 g/mol. The van der Waals surface area contributed by atoms with Crippen LogP contribution in [0.25, 0.3) is 0 Å². The van der Waals surface area contributed by atoms with Crippen LogP contribution in [0, 0.1) is 0 Å². The molecule has 0 amide bonds. The summed E-state index contributed by atoms with van der Waals surface area (Å²) in [5.74, 6) is -0.389. The van der Waals surface area contributed by atoms with E-state index >= 15 is 0 Å². The lowest BCUT2D eigenvalue weighted by Crippen LogP contribution is -2.04. The monoisotopic (exact) mass is 210 g/mol. The highest BCUT2D eigenvalue weighted by Crippen LogP contribution is 2.41. The number of rotatable bonds is 3. The fourth-order valence-corrected chi connectivity index (χ4v) is 3.51. The van der Waals surface area contributed by atoms with Gasteiger partial charge in [-0.2, -0.15) is 0 Å². The second-order valence-corrected chi connectivity index (χ2v) is 4.75. The zero-order chi connectivity index (χ0) is 10.1. The summed E-state index contributed by atoms with van der Waals surface area (Å²) in [6.07, 6.45) is 3.44. The zero-order valence-corrected chi connectivity index (χ0v) is 9.06. The van der Waals surface area contributed by atoms with Gasteiger partial charge >= 0.3 is 5.97 Å². The van der Waals surface area contributed by atoms with E-state index < -0.39 is 5.97 Å². The first-order valence-corrected chi connectivity index (χ1v) is 5.91. The van der Waals surface area contributed by atoms with E-state index in [4.69, 9.17) is 5.11 Å². The molecule has 3 heteroatoms. The van der Waals surface area contributed by atoms with Gasteiger partial charge in [-0.3, -0.25) is 4.79 Å². The molecule has 1 aromatic rings. The van der Waals surface area contributed by atoms with Crippen LogP contribution in [0.4, 0.5) is 0 Å². The van der Waals surface area contributed by atoms with Crippen LogP contribution in [0.2, 0.25) is 0 Å². The maximum Gasteiger partial charge on any atom is 0.303 e. The summed E-state index contributed by atoms with van der Waals surface area (Å²) in [5.41, 5.74) is 2.73. The second-order valence-electron chi connectivity index (χ2n) is 3.78. The number of carbonyl (C=O) groups is 1. The van der Waals surface area contributed by atoms with E-state index in [9.17, 15) is 4.79 Å². The van der Waals surface area contributed by atoms with Gasteiger partial charge in [0.05, 0.1) is 6.42 Å². The first kappa shape index (κ1) is 9.71. The van der Waals surface area contributed by atoms with Gasteiger partial charge in [0.2, 0.25) is 0 Å². The molecular formula is C11H14O2S. The molecule has 1 unspecified atom stereocenters. The SMILES string of the molecule is CCc1csc2c1C(CC(=O)O)CC2. The summed E-state index contributed by atoms with van der Waals surface area (Å²) in [6.45, 7) is 2.14. The van der Waals surface area contributed by atoms with Gasteiger partial charge in [-0.1, -0.05) is 6.92 Å². The number of aryl methyl sites for hydroxylation is 2. The quantitative estimate of drug-likeness (QED) is 0.833. The van der Waals surface area contributed by atoms with E-state index in [0.717, 1.165) is 19.3 Å². The van der Waals surface area contributed by atoms with Crippen LogP contribution in [0.15, 0.2) is 5.38 Å². The Balaban J connectivity index is 2.26. The van der Waals surface area contributed by atoms with Crippen LogP contribution >= 0.6 is 11.3 Å². The van der Waals surface area contributed by atoms with Crippen molar-refractivity contribution in [1.29, 1.82) is 0 Å². The molecule has 0 radical (unpaired) electrons. The summed E-state index contributed by atoms with van der Waals surface area (Å²) < 4.78 is 0. The van der Waals surface area contributed by atoms with Crippen molar-refractivity contribution in [2.75, 3.05) is 0 Å². The summed E-state index contributed by atoms with van der Waals surface area (Å²) in [7, 11) is 0. The molecule has 1 atom stereocenters. The predicted molar refractivity (Wildman–Crippen MR) is 57.0 cm³/mol. The Labute approximate surface area is 87.6 Å². The van der Waals surface area contributed by atoms with Crippen molar-refractivity contribution in [2.45, 2.75) is 38.5 Å². The van der Waals surface area contributed by atoms with Crippen molar-refractivity contribution in [2.24, 2.45) is 0 Å². The summed E-state index contributed by atoms with van der Waals surface area (Å²) in [4.78, 5) is 12.1. The Bertz CT molecular complexity index is 354. The average Bonchev–Trinajstić information content (AvgIpc) is 2.67. The molecule has 0 saturated heterocycles.